The molecule has 2 aromatic carbocycles. The van der Waals surface area contributed by atoms with E-state index in [1.165, 1.54) is 0 Å². The predicted octanol–water partition coefficient (Wildman–Crippen LogP) is 1.97. The molecule has 20 heavy (non-hydrogen) atoms. The van der Waals surface area contributed by atoms with Gasteiger partial charge in [0, 0.05) is 18.0 Å². The van der Waals surface area contributed by atoms with Gasteiger partial charge in [-0.05, 0) is 24.3 Å². The van der Waals surface area contributed by atoms with Crippen molar-refractivity contribution in [2.75, 3.05) is 12.8 Å². The molecule has 3 N–H and O–H groups in total. The number of fused-ring (bicyclic) bond motifs is 1. The number of aromatic nitrogens is 2. The molecule has 5 nitrogen and oxygen atoms in total. The van der Waals surface area contributed by atoms with E-state index >= 15 is 0 Å². The molecular formula is C15H14N4O. The SMILES string of the molecule is CNC(=O)c1ccc(-n2ncc3ccccc32)c(N)c1. The number of para-hydroxylation sites is 1. The highest BCUT2D eigenvalue weighted by molar-refractivity contribution is 5.95. The number of carbonyl (C=O) groups is 1. The molecule has 0 bridgehead atoms. The van der Waals surface area contributed by atoms with Crippen LogP contribution in [-0.2, 0) is 0 Å². The summed E-state index contributed by atoms with van der Waals surface area (Å²) in [6.07, 6.45) is 1.79. The minimum atomic E-state index is -0.159. The number of nitrogens with two attached hydrogens (primary N) is 1. The zero-order valence-corrected chi connectivity index (χ0v) is 11.0. The molecule has 1 amide bonds. The van der Waals surface area contributed by atoms with E-state index in [9.17, 15) is 4.79 Å². The summed E-state index contributed by atoms with van der Waals surface area (Å²) in [5.41, 5.74) is 8.84. The Labute approximate surface area is 116 Å². The van der Waals surface area contributed by atoms with Crippen molar-refractivity contribution < 1.29 is 4.79 Å². The van der Waals surface area contributed by atoms with Crippen LogP contribution in [0.25, 0.3) is 16.6 Å². The highest BCUT2D eigenvalue weighted by atomic mass is 16.1. The predicted molar refractivity (Wildman–Crippen MR) is 78.9 cm³/mol. The summed E-state index contributed by atoms with van der Waals surface area (Å²) in [6.45, 7) is 0. The lowest BCUT2D eigenvalue weighted by atomic mass is 10.1. The van der Waals surface area contributed by atoms with Crippen LogP contribution in [0.5, 0.6) is 0 Å². The Bertz CT molecular complexity index is 791. The van der Waals surface area contributed by atoms with Crippen molar-refractivity contribution >= 4 is 22.5 Å². The van der Waals surface area contributed by atoms with Crippen LogP contribution in [0.3, 0.4) is 0 Å². The fraction of sp³-hybridized carbons (Fsp3) is 0.0667. The van der Waals surface area contributed by atoms with E-state index in [1.807, 2.05) is 24.3 Å². The minimum Gasteiger partial charge on any atom is -0.397 e. The molecule has 1 heterocycles. The third-order valence-electron chi connectivity index (χ3n) is 3.22. The van der Waals surface area contributed by atoms with Crippen LogP contribution in [0.15, 0.2) is 48.7 Å². The first kappa shape index (κ1) is 12.2. The van der Waals surface area contributed by atoms with Gasteiger partial charge in [0.05, 0.1) is 23.1 Å². The van der Waals surface area contributed by atoms with Gasteiger partial charge in [-0.3, -0.25) is 4.79 Å². The highest BCUT2D eigenvalue weighted by Crippen LogP contribution is 2.23. The maximum Gasteiger partial charge on any atom is 0.251 e. The third-order valence-corrected chi connectivity index (χ3v) is 3.22. The number of anilines is 1. The fourth-order valence-corrected chi connectivity index (χ4v) is 2.20. The smallest absolute Gasteiger partial charge is 0.251 e. The van der Waals surface area contributed by atoms with Crippen molar-refractivity contribution in [3.05, 3.63) is 54.2 Å². The van der Waals surface area contributed by atoms with Gasteiger partial charge in [0.1, 0.15) is 0 Å². The van der Waals surface area contributed by atoms with Gasteiger partial charge in [0.2, 0.25) is 0 Å². The molecule has 3 aromatic rings. The van der Waals surface area contributed by atoms with Gasteiger partial charge in [0.25, 0.3) is 5.91 Å². The standard InChI is InChI=1S/C15H14N4O/c1-17-15(20)10-6-7-14(12(16)8-10)19-13-5-3-2-4-11(13)9-18-19/h2-9H,16H2,1H3,(H,17,20). The molecule has 1 aromatic heterocycles. The summed E-state index contributed by atoms with van der Waals surface area (Å²) in [7, 11) is 1.59. The Hall–Kier alpha value is -2.82. The maximum absolute atomic E-state index is 11.6. The molecular weight excluding hydrogens is 252 g/mol. The second-order valence-electron chi connectivity index (χ2n) is 4.47. The number of nitrogens with zero attached hydrogens (tertiary/aromatic N) is 2. The van der Waals surface area contributed by atoms with Gasteiger partial charge in [-0.1, -0.05) is 18.2 Å². The van der Waals surface area contributed by atoms with Crippen molar-refractivity contribution in [3.63, 3.8) is 0 Å². The van der Waals surface area contributed by atoms with E-state index in [2.05, 4.69) is 10.4 Å². The average molecular weight is 266 g/mol. The second-order valence-corrected chi connectivity index (χ2v) is 4.47. The van der Waals surface area contributed by atoms with Gasteiger partial charge < -0.3 is 11.1 Å². The Morgan fingerprint density at radius 1 is 1.25 bits per heavy atom. The van der Waals surface area contributed by atoms with Gasteiger partial charge in [-0.25, -0.2) is 4.68 Å². The normalized spacial score (nSPS) is 10.7. The summed E-state index contributed by atoms with van der Waals surface area (Å²) in [5, 5.41) is 7.98. The molecule has 0 saturated heterocycles. The summed E-state index contributed by atoms with van der Waals surface area (Å²) in [6, 6.07) is 13.1. The van der Waals surface area contributed by atoms with Crippen molar-refractivity contribution in [2.45, 2.75) is 0 Å². The van der Waals surface area contributed by atoms with Gasteiger partial charge >= 0.3 is 0 Å². The summed E-state index contributed by atoms with van der Waals surface area (Å²) < 4.78 is 1.78. The van der Waals surface area contributed by atoms with Crippen molar-refractivity contribution in [1.29, 1.82) is 0 Å². The Morgan fingerprint density at radius 2 is 2.05 bits per heavy atom. The zero-order valence-electron chi connectivity index (χ0n) is 11.0. The van der Waals surface area contributed by atoms with E-state index in [0.29, 0.717) is 11.3 Å². The number of nitrogens with one attached hydrogen (secondary N) is 1. The first-order valence-electron chi connectivity index (χ1n) is 6.25. The monoisotopic (exact) mass is 266 g/mol. The molecule has 0 atom stereocenters. The number of hydrogen-bond donors (Lipinski definition) is 2. The quantitative estimate of drug-likeness (QED) is 0.696. The maximum atomic E-state index is 11.6. The van der Waals surface area contributed by atoms with Gasteiger partial charge in [0.15, 0.2) is 0 Å². The summed E-state index contributed by atoms with van der Waals surface area (Å²) in [4.78, 5) is 11.6. The second kappa shape index (κ2) is 4.70. The van der Waals surface area contributed by atoms with Crippen LogP contribution >= 0.6 is 0 Å². The van der Waals surface area contributed by atoms with Gasteiger partial charge in [-0.2, -0.15) is 5.10 Å². The molecule has 3 rings (SSSR count). The lowest BCUT2D eigenvalue weighted by Gasteiger charge is -2.09. The van der Waals surface area contributed by atoms with Crippen LogP contribution < -0.4 is 11.1 Å². The molecule has 0 aliphatic rings. The Kier molecular flexibility index (Phi) is 2.87. The lowest BCUT2D eigenvalue weighted by molar-refractivity contribution is 0.0963. The fourth-order valence-electron chi connectivity index (χ4n) is 2.20. The van der Waals surface area contributed by atoms with Crippen LogP contribution in [0.4, 0.5) is 5.69 Å². The molecule has 0 aliphatic carbocycles. The number of rotatable bonds is 2. The van der Waals surface area contributed by atoms with Crippen LogP contribution in [0.2, 0.25) is 0 Å². The lowest BCUT2D eigenvalue weighted by Crippen LogP contribution is -2.18. The van der Waals surface area contributed by atoms with Crippen molar-refractivity contribution in [3.8, 4) is 5.69 Å². The van der Waals surface area contributed by atoms with Crippen LogP contribution in [-0.4, -0.2) is 22.7 Å². The van der Waals surface area contributed by atoms with Crippen LogP contribution in [0, 0.1) is 0 Å². The molecule has 0 radical (unpaired) electrons. The topological polar surface area (TPSA) is 72.9 Å². The van der Waals surface area contributed by atoms with Gasteiger partial charge in [-0.15, -0.1) is 0 Å². The third kappa shape index (κ3) is 1.89. The van der Waals surface area contributed by atoms with E-state index in [1.54, 1.807) is 36.1 Å². The number of amides is 1. The van der Waals surface area contributed by atoms with E-state index < -0.39 is 0 Å². The Morgan fingerprint density at radius 3 is 2.80 bits per heavy atom. The van der Waals surface area contributed by atoms with E-state index in [4.69, 9.17) is 5.73 Å². The summed E-state index contributed by atoms with van der Waals surface area (Å²) in [5.74, 6) is -0.159. The van der Waals surface area contributed by atoms with Crippen molar-refractivity contribution in [1.82, 2.24) is 15.1 Å². The number of nitrogen functional groups attached to an aromatic ring is 1. The minimum absolute atomic E-state index is 0.159. The molecule has 0 spiro atoms. The largest absolute Gasteiger partial charge is 0.397 e. The molecule has 100 valence electrons. The first-order valence-corrected chi connectivity index (χ1v) is 6.25. The number of benzene rings is 2. The van der Waals surface area contributed by atoms with E-state index in [-0.39, 0.29) is 5.91 Å². The Balaban J connectivity index is 2.13. The molecule has 0 aliphatic heterocycles. The molecule has 0 fully saturated rings. The molecule has 5 heteroatoms. The zero-order chi connectivity index (χ0) is 14.1. The first-order chi connectivity index (χ1) is 9.70. The van der Waals surface area contributed by atoms with Crippen molar-refractivity contribution in [2.24, 2.45) is 0 Å². The van der Waals surface area contributed by atoms with E-state index in [0.717, 1.165) is 16.6 Å². The molecule has 0 unspecified atom stereocenters. The average Bonchev–Trinajstić information content (AvgIpc) is 2.90. The van der Waals surface area contributed by atoms with Crippen LogP contribution in [0.1, 0.15) is 10.4 Å². The summed E-state index contributed by atoms with van der Waals surface area (Å²) >= 11 is 0. The molecule has 0 saturated carbocycles. The number of carbonyl (C=O) groups excluding carboxylic acids is 1. The highest BCUT2D eigenvalue weighted by Gasteiger charge is 2.10. The number of hydrogen-bond acceptors (Lipinski definition) is 3.